The van der Waals surface area contributed by atoms with Crippen LogP contribution in [0.1, 0.15) is 45.6 Å². The Hall–Kier alpha value is -1.39. The largest absolute Gasteiger partial charge is 0.386 e. The maximum absolute atomic E-state index is 12.7. The van der Waals surface area contributed by atoms with Gasteiger partial charge in [0.2, 0.25) is 0 Å². The SMILES string of the molecule is CCCCCn1c(-c2cccs2)ccc(C(C)(C)O)c1=O. The predicted molar refractivity (Wildman–Crippen MR) is 88.8 cm³/mol. The molecule has 0 saturated heterocycles. The first kappa shape index (κ1) is 16.0. The Morgan fingerprint density at radius 3 is 2.57 bits per heavy atom. The first-order valence-electron chi connectivity index (χ1n) is 7.45. The van der Waals surface area contributed by atoms with Crippen LogP contribution in [0, 0.1) is 0 Å². The molecule has 2 aromatic rings. The Bertz CT molecular complexity index is 636. The number of hydrogen-bond donors (Lipinski definition) is 1. The zero-order valence-corrected chi connectivity index (χ0v) is 13.7. The van der Waals surface area contributed by atoms with Crippen molar-refractivity contribution < 1.29 is 5.11 Å². The van der Waals surface area contributed by atoms with Gasteiger partial charge in [-0.25, -0.2) is 0 Å². The molecule has 0 amide bonds. The second kappa shape index (κ2) is 6.58. The molecule has 0 saturated carbocycles. The van der Waals surface area contributed by atoms with Gasteiger partial charge in [0.1, 0.15) is 0 Å². The average molecular weight is 305 g/mol. The number of unbranched alkanes of at least 4 members (excludes halogenated alkanes) is 2. The van der Waals surface area contributed by atoms with E-state index in [4.69, 9.17) is 0 Å². The standard InChI is InChI=1S/C17H23NO2S/c1-4-5-6-11-18-14(15-8-7-12-21-15)10-9-13(16(18)19)17(2,3)20/h7-10,12,20H,4-6,11H2,1-3H3. The van der Waals surface area contributed by atoms with Crippen LogP contribution in [0.4, 0.5) is 0 Å². The summed E-state index contributed by atoms with van der Waals surface area (Å²) in [5, 5.41) is 12.2. The first-order chi connectivity index (χ1) is 9.95. The van der Waals surface area contributed by atoms with Gasteiger partial charge >= 0.3 is 0 Å². The molecule has 0 spiro atoms. The van der Waals surface area contributed by atoms with Gasteiger partial charge in [-0.1, -0.05) is 25.8 Å². The summed E-state index contributed by atoms with van der Waals surface area (Å²) in [5.74, 6) is 0. The Balaban J connectivity index is 2.51. The molecule has 0 aromatic carbocycles. The number of aliphatic hydroxyl groups is 1. The number of aromatic nitrogens is 1. The lowest BCUT2D eigenvalue weighted by Crippen LogP contribution is -2.32. The lowest BCUT2D eigenvalue weighted by Gasteiger charge is -2.20. The molecule has 21 heavy (non-hydrogen) atoms. The van der Waals surface area contributed by atoms with Crippen molar-refractivity contribution in [2.75, 3.05) is 0 Å². The molecule has 0 fully saturated rings. The maximum Gasteiger partial charge on any atom is 0.257 e. The molecule has 4 heteroatoms. The first-order valence-corrected chi connectivity index (χ1v) is 8.33. The zero-order valence-electron chi connectivity index (χ0n) is 12.9. The number of nitrogens with zero attached hydrogens (tertiary/aromatic N) is 1. The van der Waals surface area contributed by atoms with E-state index in [0.29, 0.717) is 12.1 Å². The van der Waals surface area contributed by atoms with Crippen LogP contribution in [-0.2, 0) is 12.1 Å². The Labute approximate surface area is 129 Å². The Morgan fingerprint density at radius 1 is 1.24 bits per heavy atom. The topological polar surface area (TPSA) is 42.2 Å². The zero-order chi connectivity index (χ0) is 15.5. The Morgan fingerprint density at radius 2 is 2.00 bits per heavy atom. The van der Waals surface area contributed by atoms with E-state index in [-0.39, 0.29) is 5.56 Å². The quantitative estimate of drug-likeness (QED) is 0.820. The van der Waals surface area contributed by atoms with Crippen molar-refractivity contribution in [2.24, 2.45) is 0 Å². The molecule has 2 heterocycles. The average Bonchev–Trinajstić information content (AvgIpc) is 2.93. The van der Waals surface area contributed by atoms with E-state index < -0.39 is 5.60 Å². The molecule has 0 aliphatic rings. The number of pyridine rings is 1. The molecule has 3 nitrogen and oxygen atoms in total. The van der Waals surface area contributed by atoms with Crippen molar-refractivity contribution in [3.8, 4) is 10.6 Å². The second-order valence-corrected chi connectivity index (χ2v) is 6.78. The minimum absolute atomic E-state index is 0.0792. The molecule has 0 bridgehead atoms. The minimum Gasteiger partial charge on any atom is -0.386 e. The van der Waals surface area contributed by atoms with Crippen molar-refractivity contribution in [3.05, 3.63) is 45.6 Å². The lowest BCUT2D eigenvalue weighted by molar-refractivity contribution is 0.0765. The van der Waals surface area contributed by atoms with Gasteiger partial charge in [0.05, 0.1) is 16.2 Å². The molecule has 0 radical (unpaired) electrons. The highest BCUT2D eigenvalue weighted by atomic mass is 32.1. The fraction of sp³-hybridized carbons (Fsp3) is 0.471. The molecule has 2 rings (SSSR count). The fourth-order valence-corrected chi connectivity index (χ4v) is 3.19. The van der Waals surface area contributed by atoms with Crippen LogP contribution in [0.25, 0.3) is 10.6 Å². The molecule has 114 valence electrons. The van der Waals surface area contributed by atoms with Crippen molar-refractivity contribution >= 4 is 11.3 Å². The van der Waals surface area contributed by atoms with E-state index in [0.717, 1.165) is 29.8 Å². The summed E-state index contributed by atoms with van der Waals surface area (Å²) in [7, 11) is 0. The van der Waals surface area contributed by atoms with Gasteiger partial charge in [-0.15, -0.1) is 11.3 Å². The van der Waals surface area contributed by atoms with Crippen LogP contribution >= 0.6 is 11.3 Å². The van der Waals surface area contributed by atoms with Crippen LogP contribution in [0.5, 0.6) is 0 Å². The highest BCUT2D eigenvalue weighted by Crippen LogP contribution is 2.26. The van der Waals surface area contributed by atoms with Crippen LogP contribution in [0.15, 0.2) is 34.4 Å². The smallest absolute Gasteiger partial charge is 0.257 e. The third-order valence-corrected chi connectivity index (χ3v) is 4.48. The normalized spacial score (nSPS) is 11.8. The molecule has 1 N–H and O–H groups in total. The van der Waals surface area contributed by atoms with Gasteiger partial charge in [0.25, 0.3) is 5.56 Å². The molecule has 0 aliphatic carbocycles. The maximum atomic E-state index is 12.7. The van der Waals surface area contributed by atoms with Crippen molar-refractivity contribution in [2.45, 2.75) is 52.2 Å². The Kier molecular flexibility index (Phi) is 5.01. The predicted octanol–water partition coefficient (Wildman–Crippen LogP) is 3.99. The monoisotopic (exact) mass is 305 g/mol. The van der Waals surface area contributed by atoms with Crippen LogP contribution in [0.2, 0.25) is 0 Å². The van der Waals surface area contributed by atoms with E-state index in [1.165, 1.54) is 0 Å². The second-order valence-electron chi connectivity index (χ2n) is 5.83. The highest BCUT2D eigenvalue weighted by Gasteiger charge is 2.22. The van der Waals surface area contributed by atoms with Gasteiger partial charge in [0, 0.05) is 12.1 Å². The van der Waals surface area contributed by atoms with Gasteiger partial charge in [-0.2, -0.15) is 0 Å². The van der Waals surface area contributed by atoms with E-state index in [1.807, 2.05) is 28.1 Å². The van der Waals surface area contributed by atoms with Crippen LogP contribution in [-0.4, -0.2) is 9.67 Å². The van der Waals surface area contributed by atoms with E-state index in [1.54, 1.807) is 31.3 Å². The third kappa shape index (κ3) is 3.63. The third-order valence-electron chi connectivity index (χ3n) is 3.59. The van der Waals surface area contributed by atoms with Gasteiger partial charge in [-0.3, -0.25) is 4.79 Å². The minimum atomic E-state index is -1.11. The van der Waals surface area contributed by atoms with Gasteiger partial charge in [-0.05, 0) is 43.8 Å². The van der Waals surface area contributed by atoms with Gasteiger partial charge < -0.3 is 9.67 Å². The number of rotatable bonds is 6. The molecule has 2 aromatic heterocycles. The van der Waals surface area contributed by atoms with E-state index in [2.05, 4.69) is 6.92 Å². The summed E-state index contributed by atoms with van der Waals surface area (Å²) >= 11 is 1.63. The molecular formula is C17H23NO2S. The van der Waals surface area contributed by atoms with Crippen LogP contribution in [0.3, 0.4) is 0 Å². The lowest BCUT2D eigenvalue weighted by atomic mass is 9.99. The number of hydrogen-bond acceptors (Lipinski definition) is 3. The molecule has 0 atom stereocenters. The summed E-state index contributed by atoms with van der Waals surface area (Å²) in [4.78, 5) is 13.8. The van der Waals surface area contributed by atoms with Crippen molar-refractivity contribution in [3.63, 3.8) is 0 Å². The van der Waals surface area contributed by atoms with E-state index >= 15 is 0 Å². The van der Waals surface area contributed by atoms with Crippen LogP contribution < -0.4 is 5.56 Å². The highest BCUT2D eigenvalue weighted by molar-refractivity contribution is 7.13. The summed E-state index contributed by atoms with van der Waals surface area (Å²) in [6, 6.07) is 7.73. The summed E-state index contributed by atoms with van der Waals surface area (Å²) in [6.07, 6.45) is 3.20. The molecule has 0 unspecified atom stereocenters. The molecular weight excluding hydrogens is 282 g/mol. The van der Waals surface area contributed by atoms with Crippen molar-refractivity contribution in [1.29, 1.82) is 0 Å². The fourth-order valence-electron chi connectivity index (χ4n) is 2.43. The summed E-state index contributed by atoms with van der Waals surface area (Å²) < 4.78 is 1.81. The summed E-state index contributed by atoms with van der Waals surface area (Å²) in [6.45, 7) is 6.16. The molecule has 0 aliphatic heterocycles. The van der Waals surface area contributed by atoms with E-state index in [9.17, 15) is 9.90 Å². The summed E-state index contributed by atoms with van der Waals surface area (Å²) in [5.41, 5.74) is 0.209. The van der Waals surface area contributed by atoms with Gasteiger partial charge in [0.15, 0.2) is 0 Å². The number of thiophene rings is 1. The van der Waals surface area contributed by atoms with Crippen molar-refractivity contribution in [1.82, 2.24) is 4.57 Å².